The first kappa shape index (κ1) is 15.5. The first-order chi connectivity index (χ1) is 11.2. The molecule has 2 aromatic heterocycles. The molecule has 0 aromatic carbocycles. The molecule has 0 saturated carbocycles. The highest BCUT2D eigenvalue weighted by Crippen LogP contribution is 2.29. The van der Waals surface area contributed by atoms with Gasteiger partial charge in [-0.2, -0.15) is 0 Å². The summed E-state index contributed by atoms with van der Waals surface area (Å²) < 4.78 is 2.15. The summed E-state index contributed by atoms with van der Waals surface area (Å²) in [5, 5.41) is 3.03. The van der Waals surface area contributed by atoms with Crippen LogP contribution in [0.25, 0.3) is 0 Å². The molecule has 120 valence electrons. The summed E-state index contributed by atoms with van der Waals surface area (Å²) in [6.45, 7) is 7.10. The number of pyridine rings is 1. The molecule has 0 spiro atoms. The van der Waals surface area contributed by atoms with Gasteiger partial charge < -0.3 is 9.88 Å². The van der Waals surface area contributed by atoms with E-state index in [1.54, 1.807) is 12.4 Å². The van der Waals surface area contributed by atoms with Crippen LogP contribution in [-0.2, 0) is 25.9 Å². The van der Waals surface area contributed by atoms with Gasteiger partial charge in [0.15, 0.2) is 0 Å². The largest absolute Gasteiger partial charge is 0.347 e. The van der Waals surface area contributed by atoms with Crippen LogP contribution in [0.15, 0.2) is 37.2 Å². The lowest BCUT2D eigenvalue weighted by Gasteiger charge is -2.15. The van der Waals surface area contributed by atoms with Gasteiger partial charge in [-0.3, -0.25) is 9.78 Å². The molecule has 3 rings (SSSR count). The van der Waals surface area contributed by atoms with Crippen LogP contribution in [0.3, 0.4) is 0 Å². The molecule has 4 heteroatoms. The molecule has 1 amide bonds. The molecular formula is C19H23N3O. The molecule has 0 unspecified atom stereocenters. The number of nitrogens with one attached hydrogen (secondary N) is 1. The van der Waals surface area contributed by atoms with Crippen molar-refractivity contribution in [3.63, 3.8) is 0 Å². The van der Waals surface area contributed by atoms with Gasteiger partial charge in [0.05, 0.1) is 0 Å². The van der Waals surface area contributed by atoms with Gasteiger partial charge in [0.1, 0.15) is 5.69 Å². The van der Waals surface area contributed by atoms with Crippen molar-refractivity contribution in [3.8, 4) is 0 Å². The van der Waals surface area contributed by atoms with Crippen LogP contribution in [-0.4, -0.2) is 15.5 Å². The molecule has 0 bridgehead atoms. The van der Waals surface area contributed by atoms with Crippen molar-refractivity contribution in [1.29, 1.82) is 0 Å². The van der Waals surface area contributed by atoms with Gasteiger partial charge in [-0.1, -0.05) is 12.1 Å². The summed E-state index contributed by atoms with van der Waals surface area (Å²) in [6, 6.07) is 3.85. The number of amides is 1. The monoisotopic (exact) mass is 309 g/mol. The van der Waals surface area contributed by atoms with Crippen LogP contribution < -0.4 is 5.32 Å². The number of carbonyl (C=O) groups is 1. The van der Waals surface area contributed by atoms with Gasteiger partial charge in [-0.05, 0) is 55.4 Å². The molecule has 2 aromatic rings. The number of hydrogen-bond acceptors (Lipinski definition) is 2. The van der Waals surface area contributed by atoms with E-state index in [0.717, 1.165) is 29.7 Å². The van der Waals surface area contributed by atoms with Crippen molar-refractivity contribution in [3.05, 3.63) is 65.3 Å². The summed E-state index contributed by atoms with van der Waals surface area (Å²) in [4.78, 5) is 16.8. The molecule has 1 aliphatic carbocycles. The minimum Gasteiger partial charge on any atom is -0.347 e. The second-order valence-corrected chi connectivity index (χ2v) is 6.05. The Labute approximate surface area is 137 Å². The molecular weight excluding hydrogens is 286 g/mol. The maximum absolute atomic E-state index is 12.8. The van der Waals surface area contributed by atoms with Crippen LogP contribution in [0.5, 0.6) is 0 Å². The second-order valence-electron chi connectivity index (χ2n) is 6.05. The van der Waals surface area contributed by atoms with Crippen molar-refractivity contribution >= 4 is 5.91 Å². The Morgan fingerprint density at radius 1 is 1.43 bits per heavy atom. The minimum atomic E-state index is -0.0115. The van der Waals surface area contributed by atoms with Gasteiger partial charge in [0.25, 0.3) is 5.91 Å². The zero-order chi connectivity index (χ0) is 16.2. The molecule has 4 nitrogen and oxygen atoms in total. The van der Waals surface area contributed by atoms with Crippen molar-refractivity contribution < 1.29 is 4.79 Å². The molecule has 0 radical (unpaired) electrons. The highest BCUT2D eigenvalue weighted by Gasteiger charge is 2.25. The van der Waals surface area contributed by atoms with Gasteiger partial charge in [0.2, 0.25) is 0 Å². The quantitative estimate of drug-likeness (QED) is 0.862. The topological polar surface area (TPSA) is 46.9 Å². The number of aromatic nitrogens is 2. The van der Waals surface area contributed by atoms with Crippen molar-refractivity contribution in [1.82, 2.24) is 14.9 Å². The molecule has 0 aliphatic heterocycles. The van der Waals surface area contributed by atoms with E-state index in [-0.39, 0.29) is 5.91 Å². The van der Waals surface area contributed by atoms with Crippen molar-refractivity contribution in [2.24, 2.45) is 0 Å². The first-order valence-electron chi connectivity index (χ1n) is 8.21. The van der Waals surface area contributed by atoms with E-state index in [4.69, 9.17) is 0 Å². The number of fused-ring (bicyclic) bond motifs is 1. The lowest BCUT2D eigenvalue weighted by molar-refractivity contribution is 0.0941. The smallest absolute Gasteiger partial charge is 0.268 e. The summed E-state index contributed by atoms with van der Waals surface area (Å²) in [5.41, 5.74) is 5.61. The third kappa shape index (κ3) is 3.07. The maximum Gasteiger partial charge on any atom is 0.268 e. The molecule has 23 heavy (non-hydrogen) atoms. The van der Waals surface area contributed by atoms with E-state index in [1.807, 2.05) is 18.2 Å². The summed E-state index contributed by atoms with van der Waals surface area (Å²) >= 11 is 0. The number of hydrogen-bond donors (Lipinski definition) is 1. The average Bonchev–Trinajstić information content (AvgIpc) is 2.87. The van der Waals surface area contributed by atoms with E-state index < -0.39 is 0 Å². The fraction of sp³-hybridized carbons (Fsp3) is 0.368. The molecule has 1 aliphatic rings. The average molecular weight is 309 g/mol. The third-order valence-electron chi connectivity index (χ3n) is 4.54. The highest BCUT2D eigenvalue weighted by molar-refractivity contribution is 5.95. The van der Waals surface area contributed by atoms with Crippen molar-refractivity contribution in [2.45, 2.75) is 45.7 Å². The number of allylic oxidation sites excluding steroid dienone is 1. The van der Waals surface area contributed by atoms with Gasteiger partial charge in [-0.25, -0.2) is 0 Å². The summed E-state index contributed by atoms with van der Waals surface area (Å²) in [7, 11) is 0. The number of nitrogens with zero attached hydrogens (tertiary/aromatic N) is 2. The Kier molecular flexibility index (Phi) is 4.60. The van der Waals surface area contributed by atoms with E-state index >= 15 is 0 Å². The maximum atomic E-state index is 12.8. The van der Waals surface area contributed by atoms with Crippen LogP contribution in [0, 0.1) is 6.92 Å². The zero-order valence-corrected chi connectivity index (χ0v) is 13.6. The third-order valence-corrected chi connectivity index (χ3v) is 4.54. The predicted octanol–water partition coefficient (Wildman–Crippen LogP) is 3.19. The Morgan fingerprint density at radius 2 is 2.26 bits per heavy atom. The van der Waals surface area contributed by atoms with Crippen LogP contribution >= 0.6 is 0 Å². The predicted molar refractivity (Wildman–Crippen MR) is 91.4 cm³/mol. The minimum absolute atomic E-state index is 0.0115. The lowest BCUT2D eigenvalue weighted by atomic mass is 9.95. The second kappa shape index (κ2) is 6.82. The molecule has 0 fully saturated rings. The molecule has 0 saturated heterocycles. The molecule has 1 N–H and O–H groups in total. The Morgan fingerprint density at radius 3 is 3.00 bits per heavy atom. The fourth-order valence-corrected chi connectivity index (χ4v) is 3.46. The van der Waals surface area contributed by atoms with E-state index in [0.29, 0.717) is 13.1 Å². The van der Waals surface area contributed by atoms with E-state index in [1.165, 1.54) is 24.1 Å². The van der Waals surface area contributed by atoms with Gasteiger partial charge >= 0.3 is 0 Å². The summed E-state index contributed by atoms with van der Waals surface area (Å²) in [5.74, 6) is -0.0115. The van der Waals surface area contributed by atoms with E-state index in [2.05, 4.69) is 28.4 Å². The highest BCUT2D eigenvalue weighted by atomic mass is 16.1. The van der Waals surface area contributed by atoms with Gasteiger partial charge in [-0.15, -0.1) is 6.58 Å². The first-order valence-corrected chi connectivity index (χ1v) is 8.21. The molecule has 2 heterocycles. The van der Waals surface area contributed by atoms with Crippen LogP contribution in [0.4, 0.5) is 0 Å². The normalized spacial score (nSPS) is 13.4. The Hall–Kier alpha value is -2.36. The zero-order valence-electron chi connectivity index (χ0n) is 13.6. The molecule has 0 atom stereocenters. The summed E-state index contributed by atoms with van der Waals surface area (Å²) in [6.07, 6.45) is 9.92. The van der Waals surface area contributed by atoms with Crippen LogP contribution in [0.1, 0.15) is 45.7 Å². The van der Waals surface area contributed by atoms with Crippen molar-refractivity contribution in [2.75, 3.05) is 0 Å². The number of carbonyl (C=O) groups excluding carboxylic acids is 1. The SMILES string of the molecule is C=CCn1c2c(c(C)c1C(=O)NCc1cccnc1)CCCC2. The standard InChI is InChI=1S/C19H23N3O/c1-3-11-22-17-9-5-4-8-16(17)14(2)18(22)19(23)21-13-15-7-6-10-20-12-15/h3,6-7,10,12H,1,4-5,8-9,11,13H2,2H3,(H,21,23). The lowest BCUT2D eigenvalue weighted by Crippen LogP contribution is -2.26. The fourth-order valence-electron chi connectivity index (χ4n) is 3.46. The number of rotatable bonds is 5. The Bertz CT molecular complexity index is 716. The van der Waals surface area contributed by atoms with Gasteiger partial charge in [0, 0.05) is 31.2 Å². The van der Waals surface area contributed by atoms with Crippen LogP contribution in [0.2, 0.25) is 0 Å². The van der Waals surface area contributed by atoms with E-state index in [9.17, 15) is 4.79 Å². The Balaban J connectivity index is 1.87.